The second-order valence-electron chi connectivity index (χ2n) is 10.3. The summed E-state index contributed by atoms with van der Waals surface area (Å²) >= 11 is 7.93. The second-order valence-corrected chi connectivity index (χ2v) is 11.6. The van der Waals surface area contributed by atoms with Crippen molar-refractivity contribution in [3.8, 4) is 11.5 Å². The molecule has 3 heterocycles. The van der Waals surface area contributed by atoms with Gasteiger partial charge in [0.25, 0.3) is 5.91 Å². The number of carbonyl (C=O) groups excluding carboxylic acids is 1. The fourth-order valence-corrected chi connectivity index (χ4v) is 5.95. The van der Waals surface area contributed by atoms with Gasteiger partial charge in [0.15, 0.2) is 16.7 Å². The van der Waals surface area contributed by atoms with Crippen LogP contribution in [0.1, 0.15) is 27.0 Å². The average Bonchev–Trinajstić information content (AvgIpc) is 3.52. The highest BCUT2D eigenvalue weighted by Crippen LogP contribution is 2.32. The quantitative estimate of drug-likeness (QED) is 0.134. The number of thioether (sulfide) groups is 1. The zero-order valence-corrected chi connectivity index (χ0v) is 25.2. The minimum absolute atomic E-state index is 0.132. The van der Waals surface area contributed by atoms with E-state index >= 15 is 0 Å². The number of aromatic nitrogens is 2. The molecule has 1 fully saturated rings. The van der Waals surface area contributed by atoms with Gasteiger partial charge in [-0.2, -0.15) is 0 Å². The van der Waals surface area contributed by atoms with Crippen LogP contribution in [0.15, 0.2) is 90.1 Å². The van der Waals surface area contributed by atoms with Gasteiger partial charge < -0.3 is 19.7 Å². The Bertz CT molecular complexity index is 1580. The third kappa shape index (κ3) is 7.87. The van der Waals surface area contributed by atoms with Crippen LogP contribution < -0.4 is 19.7 Å². The molecule has 1 amide bonds. The van der Waals surface area contributed by atoms with Gasteiger partial charge in [-0.1, -0.05) is 84.0 Å². The van der Waals surface area contributed by atoms with Crippen LogP contribution in [-0.2, 0) is 12.3 Å². The maximum absolute atomic E-state index is 12.7. The monoisotopic (exact) mass is 613 g/mol. The zero-order chi connectivity index (χ0) is 29.4. The van der Waals surface area contributed by atoms with Crippen molar-refractivity contribution < 1.29 is 14.3 Å². The number of halogens is 1. The molecule has 1 N–H and O–H groups in total. The number of carbonyl (C=O) groups is 1. The van der Waals surface area contributed by atoms with Crippen molar-refractivity contribution in [3.05, 3.63) is 112 Å². The van der Waals surface area contributed by atoms with E-state index < -0.39 is 0 Å². The first-order chi connectivity index (χ1) is 21.1. The lowest BCUT2D eigenvalue weighted by Gasteiger charge is -2.35. The summed E-state index contributed by atoms with van der Waals surface area (Å²) in [6.07, 6.45) is 4.40. The Hall–Kier alpha value is -4.05. The Morgan fingerprint density at radius 3 is 2.49 bits per heavy atom. The van der Waals surface area contributed by atoms with E-state index in [1.165, 1.54) is 17.3 Å². The molecule has 1 aromatic heterocycles. The maximum atomic E-state index is 12.7. The van der Waals surface area contributed by atoms with E-state index in [0.717, 1.165) is 55.4 Å². The Morgan fingerprint density at radius 2 is 1.67 bits per heavy atom. The minimum Gasteiger partial charge on any atom is -0.454 e. The number of hydrogen-bond donors (Lipinski definition) is 1. The Labute approximate surface area is 260 Å². The van der Waals surface area contributed by atoms with Crippen molar-refractivity contribution in [3.63, 3.8) is 0 Å². The second kappa shape index (κ2) is 13.9. The topological polar surface area (TPSA) is 79.8 Å². The van der Waals surface area contributed by atoms with Crippen molar-refractivity contribution >= 4 is 41.2 Å². The van der Waals surface area contributed by atoms with Crippen LogP contribution in [0.2, 0.25) is 5.15 Å². The molecule has 43 heavy (non-hydrogen) atoms. The van der Waals surface area contributed by atoms with Crippen LogP contribution in [-0.4, -0.2) is 60.3 Å². The van der Waals surface area contributed by atoms with Crippen molar-refractivity contribution in [2.45, 2.75) is 17.5 Å². The number of hydrogen-bond acceptors (Lipinski definition) is 8. The van der Waals surface area contributed by atoms with Gasteiger partial charge in [0.1, 0.15) is 11.0 Å². The van der Waals surface area contributed by atoms with Gasteiger partial charge in [-0.3, -0.25) is 9.69 Å². The first-order valence-corrected chi connectivity index (χ1v) is 15.6. The molecule has 0 radical (unpaired) electrons. The molecule has 10 heteroatoms. The van der Waals surface area contributed by atoms with E-state index in [4.69, 9.17) is 26.1 Å². The van der Waals surface area contributed by atoms with Gasteiger partial charge in [-0.05, 0) is 41.0 Å². The highest BCUT2D eigenvalue weighted by Gasteiger charge is 2.19. The molecule has 2 aliphatic heterocycles. The number of fused-ring (bicyclic) bond motifs is 1. The molecule has 0 aliphatic carbocycles. The number of nitrogens with one attached hydrogen (secondary N) is 1. The first kappa shape index (κ1) is 29.0. The lowest BCUT2D eigenvalue weighted by molar-refractivity contribution is 0.0951. The highest BCUT2D eigenvalue weighted by molar-refractivity contribution is 7.98. The molecule has 0 bridgehead atoms. The van der Waals surface area contributed by atoms with Crippen LogP contribution >= 0.6 is 23.4 Å². The summed E-state index contributed by atoms with van der Waals surface area (Å²) in [6.45, 7) is 5.24. The van der Waals surface area contributed by atoms with Gasteiger partial charge in [0.05, 0.1) is 0 Å². The van der Waals surface area contributed by atoms with E-state index in [9.17, 15) is 4.79 Å². The molecule has 0 spiro atoms. The highest BCUT2D eigenvalue weighted by atomic mass is 35.5. The minimum atomic E-state index is -0.132. The summed E-state index contributed by atoms with van der Waals surface area (Å²) in [4.78, 5) is 26.6. The summed E-state index contributed by atoms with van der Waals surface area (Å²) < 4.78 is 10.8. The predicted molar refractivity (Wildman–Crippen MR) is 171 cm³/mol. The fourth-order valence-electron chi connectivity index (χ4n) is 4.91. The smallest absolute Gasteiger partial charge is 0.251 e. The summed E-state index contributed by atoms with van der Waals surface area (Å²) in [6, 6.07) is 25.5. The van der Waals surface area contributed by atoms with E-state index in [1.54, 1.807) is 0 Å². The molecule has 6 rings (SSSR count). The number of amides is 1. The number of nitrogens with zero attached hydrogens (tertiary/aromatic N) is 4. The molecule has 0 unspecified atom stereocenters. The Morgan fingerprint density at radius 1 is 0.907 bits per heavy atom. The third-order valence-electron chi connectivity index (χ3n) is 7.30. The number of anilines is 1. The van der Waals surface area contributed by atoms with Crippen molar-refractivity contribution in [1.29, 1.82) is 0 Å². The molecule has 8 nitrogen and oxygen atoms in total. The molecule has 1 saturated heterocycles. The molecule has 0 saturated carbocycles. The number of piperazine rings is 1. The summed E-state index contributed by atoms with van der Waals surface area (Å²) in [5.41, 5.74) is 3.84. The van der Waals surface area contributed by atoms with Crippen molar-refractivity contribution in [2.24, 2.45) is 0 Å². The van der Waals surface area contributed by atoms with E-state index in [0.29, 0.717) is 33.9 Å². The number of rotatable bonds is 10. The standard InChI is InChI=1S/C33H32ClN5O3S/c34-30-20-31(39-17-15-38(16-18-39)14-4-7-24-5-2-1-3-6-24)37-33(36-30)43-22-25-8-11-27(12-9-25)32(40)35-21-26-10-13-28-29(19-26)42-23-41-28/h1-13,19-20H,14-18,21-23H2,(H,35,40)/b7-4+. The molecule has 220 valence electrons. The van der Waals surface area contributed by atoms with E-state index in [1.807, 2.05) is 54.6 Å². The van der Waals surface area contributed by atoms with Crippen LogP contribution in [0.4, 0.5) is 5.82 Å². The normalized spacial score (nSPS) is 14.8. The molecule has 2 aliphatic rings. The van der Waals surface area contributed by atoms with Crippen molar-refractivity contribution in [1.82, 2.24) is 20.2 Å². The summed E-state index contributed by atoms with van der Waals surface area (Å²) in [5, 5.41) is 4.04. The zero-order valence-electron chi connectivity index (χ0n) is 23.6. The first-order valence-electron chi connectivity index (χ1n) is 14.2. The predicted octanol–water partition coefficient (Wildman–Crippen LogP) is 5.92. The van der Waals surface area contributed by atoms with Gasteiger partial charge in [0.2, 0.25) is 6.79 Å². The fraction of sp³-hybridized carbons (Fsp3) is 0.242. The lowest BCUT2D eigenvalue weighted by Crippen LogP contribution is -2.46. The van der Waals surface area contributed by atoms with Gasteiger partial charge >= 0.3 is 0 Å². The van der Waals surface area contributed by atoms with E-state index in [2.05, 4.69) is 56.5 Å². The SMILES string of the molecule is O=C(NCc1ccc2c(c1)OCO2)c1ccc(CSc2nc(Cl)cc(N3CCN(C/C=C/c4ccccc4)CC3)n2)cc1. The van der Waals surface area contributed by atoms with Crippen LogP contribution in [0.5, 0.6) is 11.5 Å². The Balaban J connectivity index is 0.973. The van der Waals surface area contributed by atoms with Gasteiger partial charge in [-0.15, -0.1) is 0 Å². The summed E-state index contributed by atoms with van der Waals surface area (Å²) in [7, 11) is 0. The van der Waals surface area contributed by atoms with E-state index in [-0.39, 0.29) is 12.7 Å². The van der Waals surface area contributed by atoms with Crippen molar-refractivity contribution in [2.75, 3.05) is 44.4 Å². The molecular weight excluding hydrogens is 582 g/mol. The van der Waals surface area contributed by atoms with Gasteiger partial charge in [0, 0.05) is 56.7 Å². The van der Waals surface area contributed by atoms with Crippen LogP contribution in [0.3, 0.4) is 0 Å². The maximum Gasteiger partial charge on any atom is 0.251 e. The summed E-state index contributed by atoms with van der Waals surface area (Å²) in [5.74, 6) is 2.82. The molecule has 0 atom stereocenters. The van der Waals surface area contributed by atoms with Crippen LogP contribution in [0, 0.1) is 0 Å². The largest absolute Gasteiger partial charge is 0.454 e. The third-order valence-corrected chi connectivity index (χ3v) is 8.42. The average molecular weight is 614 g/mol. The molecular formula is C33H32ClN5O3S. The lowest BCUT2D eigenvalue weighted by atomic mass is 10.1. The number of ether oxygens (including phenoxy) is 2. The molecule has 3 aromatic carbocycles. The van der Waals surface area contributed by atoms with Gasteiger partial charge in [-0.25, -0.2) is 9.97 Å². The van der Waals surface area contributed by atoms with Crippen LogP contribution in [0.25, 0.3) is 6.08 Å². The number of benzene rings is 3. The molecule has 4 aromatic rings. The Kier molecular flexibility index (Phi) is 9.42.